The van der Waals surface area contributed by atoms with Crippen molar-refractivity contribution in [3.05, 3.63) is 82.9 Å². The number of allylic oxidation sites excluding steroid dienone is 1. The number of benzene rings is 3. The molecule has 1 saturated heterocycles. The van der Waals surface area contributed by atoms with Gasteiger partial charge in [0.2, 0.25) is 0 Å². The van der Waals surface area contributed by atoms with E-state index in [1.54, 1.807) is 18.2 Å². The number of aromatic hydroxyl groups is 2. The fourth-order valence-corrected chi connectivity index (χ4v) is 5.01. The predicted molar refractivity (Wildman–Crippen MR) is 139 cm³/mol. The highest BCUT2D eigenvalue weighted by molar-refractivity contribution is 5.96. The van der Waals surface area contributed by atoms with E-state index in [0.29, 0.717) is 6.61 Å². The van der Waals surface area contributed by atoms with Crippen LogP contribution in [0.4, 0.5) is 0 Å². The van der Waals surface area contributed by atoms with Gasteiger partial charge in [-0.3, -0.25) is 4.90 Å². The lowest BCUT2D eigenvalue weighted by Gasteiger charge is -2.38. The summed E-state index contributed by atoms with van der Waals surface area (Å²) in [5.74, 6) is 2.88. The molecule has 2 aliphatic heterocycles. The lowest BCUT2D eigenvalue weighted by atomic mass is 9.85. The summed E-state index contributed by atoms with van der Waals surface area (Å²) in [7, 11) is 0. The van der Waals surface area contributed by atoms with Crippen LogP contribution in [0.25, 0.3) is 11.1 Å². The molecule has 1 fully saturated rings. The number of hydrogen-bond donors (Lipinski definition) is 2. The Hall–Kier alpha value is -3.44. The summed E-state index contributed by atoms with van der Waals surface area (Å²) in [6.07, 6.45) is 0.903. The maximum absolute atomic E-state index is 10.3. The Morgan fingerprint density at radius 1 is 1.00 bits per heavy atom. The first-order chi connectivity index (χ1) is 16.9. The molecule has 1 atom stereocenters. The summed E-state index contributed by atoms with van der Waals surface area (Å²) in [4.78, 5) is 2.44. The summed E-state index contributed by atoms with van der Waals surface area (Å²) in [6.45, 7) is 10.2. The molecule has 182 valence electrons. The fraction of sp³-hybridized carbons (Fsp3) is 0.333. The molecule has 0 saturated carbocycles. The van der Waals surface area contributed by atoms with Crippen LogP contribution in [0, 0.1) is 12.8 Å². The van der Waals surface area contributed by atoms with Crippen LogP contribution in [0.3, 0.4) is 0 Å². The number of phenols is 2. The molecule has 5 nitrogen and oxygen atoms in total. The predicted octanol–water partition coefficient (Wildman–Crippen LogP) is 6.19. The Labute approximate surface area is 207 Å². The van der Waals surface area contributed by atoms with Crippen LogP contribution in [0.2, 0.25) is 0 Å². The van der Waals surface area contributed by atoms with Gasteiger partial charge < -0.3 is 19.7 Å². The van der Waals surface area contributed by atoms with E-state index >= 15 is 0 Å². The fourth-order valence-electron chi connectivity index (χ4n) is 5.01. The van der Waals surface area contributed by atoms with E-state index in [1.807, 2.05) is 56.3 Å². The van der Waals surface area contributed by atoms with Gasteiger partial charge in [0, 0.05) is 30.8 Å². The molecule has 0 unspecified atom stereocenters. The highest BCUT2D eigenvalue weighted by Crippen LogP contribution is 2.48. The topological polar surface area (TPSA) is 62.2 Å². The third-order valence-corrected chi connectivity index (χ3v) is 7.24. The van der Waals surface area contributed by atoms with Crippen molar-refractivity contribution in [2.24, 2.45) is 5.92 Å². The molecule has 0 radical (unpaired) electrons. The molecule has 5 rings (SSSR count). The van der Waals surface area contributed by atoms with Crippen molar-refractivity contribution >= 4 is 11.1 Å². The van der Waals surface area contributed by atoms with Crippen molar-refractivity contribution in [1.29, 1.82) is 0 Å². The van der Waals surface area contributed by atoms with Gasteiger partial charge in [0.25, 0.3) is 0 Å². The van der Waals surface area contributed by atoms with Crippen LogP contribution in [0.1, 0.15) is 48.6 Å². The van der Waals surface area contributed by atoms with Gasteiger partial charge in [0.1, 0.15) is 35.7 Å². The van der Waals surface area contributed by atoms with Crippen molar-refractivity contribution in [2.75, 3.05) is 26.2 Å². The molecule has 3 aromatic rings. The Morgan fingerprint density at radius 2 is 1.77 bits per heavy atom. The normalized spacial score (nSPS) is 18.1. The summed E-state index contributed by atoms with van der Waals surface area (Å²) in [5.41, 5.74) is 5.50. The molecule has 0 amide bonds. The average Bonchev–Trinajstić information content (AvgIpc) is 2.82. The monoisotopic (exact) mass is 471 g/mol. The van der Waals surface area contributed by atoms with Crippen molar-refractivity contribution in [3.8, 4) is 23.0 Å². The molecule has 0 aliphatic carbocycles. The van der Waals surface area contributed by atoms with Crippen LogP contribution < -0.4 is 9.47 Å². The Bertz CT molecular complexity index is 1240. The third-order valence-electron chi connectivity index (χ3n) is 7.24. The Kier molecular flexibility index (Phi) is 6.44. The number of rotatable bonds is 7. The summed E-state index contributed by atoms with van der Waals surface area (Å²) in [5, 5.41) is 20.5. The minimum atomic E-state index is -0.352. The van der Waals surface area contributed by atoms with E-state index < -0.39 is 0 Å². The van der Waals surface area contributed by atoms with Gasteiger partial charge in [-0.2, -0.15) is 0 Å². The summed E-state index contributed by atoms with van der Waals surface area (Å²) in [6, 6.07) is 19.0. The number of phenolic OH excluding ortho intramolecular Hbond substituents is 2. The number of ether oxygens (including phenoxy) is 2. The van der Waals surface area contributed by atoms with E-state index in [-0.39, 0.29) is 17.6 Å². The first-order valence-corrected chi connectivity index (χ1v) is 12.4. The zero-order chi connectivity index (χ0) is 24.5. The van der Waals surface area contributed by atoms with Crippen molar-refractivity contribution in [2.45, 2.75) is 33.3 Å². The lowest BCUT2D eigenvalue weighted by Crippen LogP contribution is -2.47. The molecular weight excluding hydrogens is 438 g/mol. The van der Waals surface area contributed by atoms with Crippen LogP contribution in [0.15, 0.2) is 60.7 Å². The third kappa shape index (κ3) is 4.73. The van der Waals surface area contributed by atoms with Gasteiger partial charge in [0.15, 0.2) is 0 Å². The number of hydrogen-bond acceptors (Lipinski definition) is 5. The molecule has 35 heavy (non-hydrogen) atoms. The minimum absolute atomic E-state index is 0.204. The lowest BCUT2D eigenvalue weighted by molar-refractivity contribution is 0.0806. The van der Waals surface area contributed by atoms with Gasteiger partial charge >= 0.3 is 0 Å². The van der Waals surface area contributed by atoms with E-state index in [9.17, 15) is 10.2 Å². The highest BCUT2D eigenvalue weighted by atomic mass is 16.5. The molecule has 3 aromatic carbocycles. The largest absolute Gasteiger partial charge is 0.508 e. The van der Waals surface area contributed by atoms with Crippen LogP contribution >= 0.6 is 0 Å². The number of nitrogens with zero attached hydrogens (tertiary/aromatic N) is 1. The molecule has 0 aromatic heterocycles. The van der Waals surface area contributed by atoms with Crippen molar-refractivity contribution in [3.63, 3.8) is 0 Å². The first kappa shape index (κ1) is 23.3. The number of aryl methyl sites for hydroxylation is 1. The van der Waals surface area contributed by atoms with Crippen molar-refractivity contribution in [1.82, 2.24) is 4.90 Å². The van der Waals surface area contributed by atoms with E-state index in [4.69, 9.17) is 9.47 Å². The zero-order valence-corrected chi connectivity index (χ0v) is 20.6. The Balaban J connectivity index is 1.40. The van der Waals surface area contributed by atoms with Crippen LogP contribution in [-0.4, -0.2) is 41.4 Å². The van der Waals surface area contributed by atoms with Gasteiger partial charge in [-0.15, -0.1) is 0 Å². The van der Waals surface area contributed by atoms with Gasteiger partial charge in [0.05, 0.1) is 0 Å². The molecular formula is C30H33NO4. The maximum atomic E-state index is 10.3. The molecule has 0 spiro atoms. The molecule has 5 heteroatoms. The van der Waals surface area contributed by atoms with Crippen molar-refractivity contribution < 1.29 is 19.7 Å². The first-order valence-electron chi connectivity index (χ1n) is 12.4. The van der Waals surface area contributed by atoms with Gasteiger partial charge in [-0.25, -0.2) is 0 Å². The second-order valence-corrected chi connectivity index (χ2v) is 9.67. The average molecular weight is 472 g/mol. The number of fused-ring (bicyclic) bond motifs is 1. The summed E-state index contributed by atoms with van der Waals surface area (Å²) < 4.78 is 12.5. The standard InChI is InChI=1S/C30H33NO4/c1-4-21-17-31(18-21)12-13-34-25-10-8-22(9-11-25)30-29(23-6-5-7-24(32)15-23)20(3)26-16-27(33)19(2)14-28(26)35-30/h5-11,14-16,21,30,32-33H,4,12-13,17-18H2,1-3H3/t30-/m1/s1. The second kappa shape index (κ2) is 9.67. The minimum Gasteiger partial charge on any atom is -0.508 e. The SMILES string of the molecule is CCC1CN(CCOc2ccc([C@H]3Oc4cc(C)c(O)cc4C(C)=C3c3cccc(O)c3)cc2)C1. The van der Waals surface area contributed by atoms with E-state index in [0.717, 1.165) is 57.4 Å². The quantitative estimate of drug-likeness (QED) is 0.430. The zero-order valence-electron chi connectivity index (χ0n) is 20.6. The smallest absolute Gasteiger partial charge is 0.150 e. The molecule has 2 N–H and O–H groups in total. The highest BCUT2D eigenvalue weighted by Gasteiger charge is 2.30. The molecule has 2 aliphatic rings. The molecule has 0 bridgehead atoms. The van der Waals surface area contributed by atoms with E-state index in [1.165, 1.54) is 19.5 Å². The van der Waals surface area contributed by atoms with Crippen LogP contribution in [0.5, 0.6) is 23.0 Å². The maximum Gasteiger partial charge on any atom is 0.150 e. The van der Waals surface area contributed by atoms with E-state index in [2.05, 4.69) is 11.8 Å². The Morgan fingerprint density at radius 3 is 2.49 bits per heavy atom. The van der Waals surface area contributed by atoms with Crippen LogP contribution in [-0.2, 0) is 0 Å². The van der Waals surface area contributed by atoms with Gasteiger partial charge in [-0.05, 0) is 78.4 Å². The second-order valence-electron chi connectivity index (χ2n) is 9.67. The number of likely N-dealkylation sites (tertiary alicyclic amines) is 1. The molecule has 2 heterocycles. The summed E-state index contributed by atoms with van der Waals surface area (Å²) >= 11 is 0. The van der Waals surface area contributed by atoms with Gasteiger partial charge in [-0.1, -0.05) is 37.6 Å².